The summed E-state index contributed by atoms with van der Waals surface area (Å²) in [4.78, 5) is 12.8. The van der Waals surface area contributed by atoms with E-state index in [2.05, 4.69) is 72.3 Å². The minimum Gasteiger partial charge on any atom is -0.397 e. The topological polar surface area (TPSA) is 128 Å². The Morgan fingerprint density at radius 2 is 1.37 bits per heavy atom. The number of thiazole rings is 1. The van der Waals surface area contributed by atoms with Crippen molar-refractivity contribution in [3.8, 4) is 0 Å². The second-order valence-corrected chi connectivity index (χ2v) is 5.37. The zero-order valence-corrected chi connectivity index (χ0v) is 18.0. The van der Waals surface area contributed by atoms with Crippen LogP contribution in [0.25, 0.3) is 0 Å². The summed E-state index contributed by atoms with van der Waals surface area (Å²) in [5.74, 6) is 0. The van der Waals surface area contributed by atoms with Crippen molar-refractivity contribution in [1.82, 2.24) is 4.98 Å². The van der Waals surface area contributed by atoms with Crippen LogP contribution in [0.3, 0.4) is 0 Å². The molecule has 1 aromatic heterocycles. The van der Waals surface area contributed by atoms with E-state index >= 15 is 0 Å². The average molecular weight is 498 g/mol. The van der Waals surface area contributed by atoms with Crippen molar-refractivity contribution in [3.05, 3.63) is 11.6 Å². The summed E-state index contributed by atoms with van der Waals surface area (Å²) >= 11 is 8.42. The third-order valence-electron chi connectivity index (χ3n) is 0.514. The van der Waals surface area contributed by atoms with Gasteiger partial charge in [-0.3, -0.25) is 0 Å². The molecule has 1 aromatic rings. The number of hydrogen-bond donors (Lipinski definition) is 4. The van der Waals surface area contributed by atoms with Crippen molar-refractivity contribution >= 4 is 56.0 Å². The normalized spacial score (nSPS) is 5.74. The predicted octanol–water partition coefficient (Wildman–Crippen LogP) is 5.87. The van der Waals surface area contributed by atoms with Crippen LogP contribution in [-0.4, -0.2) is 33.4 Å². The maximum atomic E-state index is 9.13. The number of nitrogens with zero attached hydrogens (tertiary/aromatic N) is 1. The third kappa shape index (κ3) is 260. The van der Waals surface area contributed by atoms with Crippen molar-refractivity contribution in [3.63, 3.8) is 0 Å². The fraction of sp³-hybridized carbons (Fsp3) is 0.722. The smallest absolute Gasteiger partial charge is 0.179 e. The number of carbonyl (C=O) groups is 1. The van der Waals surface area contributed by atoms with Gasteiger partial charge in [0.05, 0.1) is 5.33 Å². The van der Waals surface area contributed by atoms with E-state index in [9.17, 15) is 0 Å². The van der Waals surface area contributed by atoms with Gasteiger partial charge in [0, 0.05) is 18.2 Å². The molecule has 27 heavy (non-hydrogen) atoms. The Hall–Kier alpha value is -0.770. The monoisotopic (exact) mass is 496 g/mol. The van der Waals surface area contributed by atoms with E-state index < -0.39 is 0 Å². The number of nitrogen functional groups attached to an aromatic ring is 1. The van der Waals surface area contributed by atoms with Crippen molar-refractivity contribution in [2.75, 3.05) is 17.7 Å². The molecule has 0 aliphatic carbocycles. The molecule has 0 spiro atoms. The maximum Gasteiger partial charge on any atom is 0.179 e. The molecule has 0 aliphatic heterocycles. The standard InChI is InChI=1S/C3H4N2S.2C3H8.C2H3BrO.C2H6O.CH4N2S.4CH4/c4-3-5-1-2-6-3;2*1-3-2;3-1-2-4;1-2-3;2-1(3)4;;;;/h1-2H,(H2,4,5);2*3H2,1-2H3;2H,1H2;3H,2H2,1H3;(H4,2,3,4);4*1H4. The molecule has 9 heteroatoms. The minimum atomic E-state index is 0. The number of nitrogens with two attached hydrogens (primary N) is 3. The van der Waals surface area contributed by atoms with Gasteiger partial charge in [0.25, 0.3) is 0 Å². The molecule has 0 saturated carbocycles. The van der Waals surface area contributed by atoms with Crippen LogP contribution in [0.4, 0.5) is 5.13 Å². The largest absolute Gasteiger partial charge is 0.397 e. The highest BCUT2D eigenvalue weighted by Crippen LogP contribution is 2.02. The Balaban J connectivity index is -0.0000000205. The molecule has 0 atom stereocenters. The van der Waals surface area contributed by atoms with E-state index in [-0.39, 0.29) is 41.4 Å². The predicted molar refractivity (Wildman–Crippen MR) is 139 cm³/mol. The summed E-state index contributed by atoms with van der Waals surface area (Å²) < 4.78 is 0. The first-order valence-corrected chi connectivity index (χ1v) is 9.50. The highest BCUT2D eigenvalue weighted by Gasteiger charge is 1.76. The van der Waals surface area contributed by atoms with E-state index in [1.807, 2.05) is 5.38 Å². The van der Waals surface area contributed by atoms with E-state index in [0.29, 0.717) is 10.5 Å². The first kappa shape index (κ1) is 56.2. The average Bonchev–Trinajstić information content (AvgIpc) is 2.92. The second kappa shape index (κ2) is 73.1. The highest BCUT2D eigenvalue weighted by atomic mass is 79.9. The Morgan fingerprint density at radius 3 is 1.41 bits per heavy atom. The van der Waals surface area contributed by atoms with Crippen LogP contribution in [0.5, 0.6) is 0 Å². The van der Waals surface area contributed by atoms with Crippen molar-refractivity contribution < 1.29 is 9.90 Å². The summed E-state index contributed by atoms with van der Waals surface area (Å²) in [6, 6.07) is 0. The van der Waals surface area contributed by atoms with Gasteiger partial charge in [0.15, 0.2) is 10.2 Å². The number of rotatable bonds is 1. The molecule has 0 bridgehead atoms. The summed E-state index contributed by atoms with van der Waals surface area (Å²) in [5.41, 5.74) is 14.4. The van der Waals surface area contributed by atoms with Gasteiger partial charge in [-0.15, -0.1) is 11.3 Å². The molecule has 6 nitrogen and oxygen atoms in total. The minimum absolute atomic E-state index is 0. The number of alkyl halides is 1. The maximum absolute atomic E-state index is 9.13. The summed E-state index contributed by atoms with van der Waals surface area (Å²) in [6.45, 7) is 10.4. The number of aldehydes is 1. The molecule has 0 radical (unpaired) electrons. The van der Waals surface area contributed by atoms with Crippen molar-refractivity contribution in [2.45, 2.75) is 77.2 Å². The van der Waals surface area contributed by atoms with Crippen LogP contribution in [0.2, 0.25) is 0 Å². The first-order chi connectivity index (χ1) is 10.8. The molecule has 0 aliphatic rings. The molecule has 0 aromatic carbocycles. The SMILES string of the molecule is C.C.C.C.CCC.CCC.CCO.NC(N)=S.Nc1nccs1.O=CCBr. The summed E-state index contributed by atoms with van der Waals surface area (Å²) in [5, 5.41) is 10.5. The number of aliphatic hydroxyl groups excluding tert-OH is 1. The molecular formula is C18H49BrN4O2S2. The molecular weight excluding hydrogens is 448 g/mol. The molecule has 1 heterocycles. The fourth-order valence-electron chi connectivity index (χ4n) is 0.234. The van der Waals surface area contributed by atoms with E-state index in [0.717, 1.165) is 6.29 Å². The quantitative estimate of drug-likeness (QED) is 0.217. The van der Waals surface area contributed by atoms with Crippen LogP contribution < -0.4 is 17.2 Å². The first-order valence-electron chi connectivity index (χ1n) is 7.09. The lowest BCUT2D eigenvalue weighted by Crippen LogP contribution is -2.18. The summed E-state index contributed by atoms with van der Waals surface area (Å²) in [6.07, 6.45) is 4.97. The lowest BCUT2D eigenvalue weighted by Gasteiger charge is -1.68. The van der Waals surface area contributed by atoms with Crippen molar-refractivity contribution in [1.29, 1.82) is 0 Å². The number of thiocarbonyl (C=S) groups is 1. The van der Waals surface area contributed by atoms with E-state index in [1.165, 1.54) is 24.2 Å². The van der Waals surface area contributed by atoms with Gasteiger partial charge in [0.1, 0.15) is 6.29 Å². The Kier molecular flexibility index (Phi) is 152. The lowest BCUT2D eigenvalue weighted by molar-refractivity contribution is -0.105. The van der Waals surface area contributed by atoms with Crippen LogP contribution in [0.15, 0.2) is 11.6 Å². The molecule has 0 amide bonds. The fourth-order valence-corrected chi connectivity index (χ4v) is 0.617. The number of hydrogen-bond acceptors (Lipinski definition) is 6. The van der Waals surface area contributed by atoms with Crippen LogP contribution >= 0.6 is 39.5 Å². The number of halogens is 1. The number of carbonyl (C=O) groups excluding carboxylic acids is 1. The van der Waals surface area contributed by atoms with Crippen molar-refractivity contribution in [2.24, 2.45) is 11.5 Å². The van der Waals surface area contributed by atoms with Gasteiger partial charge in [-0.25, -0.2) is 4.98 Å². The number of anilines is 1. The summed E-state index contributed by atoms with van der Waals surface area (Å²) in [7, 11) is 0. The molecule has 0 saturated heterocycles. The van der Waals surface area contributed by atoms with E-state index in [1.54, 1.807) is 13.1 Å². The third-order valence-corrected chi connectivity index (χ3v) is 1.38. The van der Waals surface area contributed by atoms with Gasteiger partial charge >= 0.3 is 0 Å². The van der Waals surface area contributed by atoms with Gasteiger partial charge in [0.2, 0.25) is 0 Å². The number of aromatic nitrogens is 1. The van der Waals surface area contributed by atoms with E-state index in [4.69, 9.17) is 15.6 Å². The molecule has 7 N–H and O–H groups in total. The number of aliphatic hydroxyl groups is 1. The van der Waals surface area contributed by atoms with Gasteiger partial charge in [-0.05, 0) is 19.1 Å². The van der Waals surface area contributed by atoms with Gasteiger partial charge < -0.3 is 27.1 Å². The zero-order valence-electron chi connectivity index (χ0n) is 14.8. The Bertz CT molecular complexity index is 284. The molecule has 0 unspecified atom stereocenters. The lowest BCUT2D eigenvalue weighted by atomic mass is 10.6. The Labute approximate surface area is 188 Å². The van der Waals surface area contributed by atoms with Crippen LogP contribution in [-0.2, 0) is 4.79 Å². The molecule has 172 valence electrons. The second-order valence-electron chi connectivity index (χ2n) is 3.32. The Morgan fingerprint density at radius 1 is 1.15 bits per heavy atom. The molecule has 1 rings (SSSR count). The van der Waals surface area contributed by atoms with Gasteiger partial charge in [-0.2, -0.15) is 0 Å². The highest BCUT2D eigenvalue weighted by molar-refractivity contribution is 9.09. The molecule has 0 fully saturated rings. The van der Waals surface area contributed by atoms with Crippen LogP contribution in [0.1, 0.15) is 77.2 Å². The van der Waals surface area contributed by atoms with Crippen LogP contribution in [0, 0.1) is 0 Å². The van der Waals surface area contributed by atoms with Gasteiger partial charge in [-0.1, -0.05) is 86.2 Å². The zero-order chi connectivity index (χ0) is 19.5.